The van der Waals surface area contributed by atoms with Gasteiger partial charge in [0.1, 0.15) is 18.8 Å². The molecule has 0 saturated carbocycles. The van der Waals surface area contributed by atoms with Gasteiger partial charge in [-0.3, -0.25) is 9.20 Å². The fourth-order valence-corrected chi connectivity index (χ4v) is 3.93. The molecule has 0 bridgehead atoms. The first-order chi connectivity index (χ1) is 15.6. The van der Waals surface area contributed by atoms with Crippen LogP contribution in [0.2, 0.25) is 0 Å². The number of nitrogens with one attached hydrogen (secondary N) is 1. The molecule has 0 aliphatic carbocycles. The van der Waals surface area contributed by atoms with Crippen LogP contribution >= 0.6 is 15.9 Å². The molecular weight excluding hydrogens is 472 g/mol. The van der Waals surface area contributed by atoms with Gasteiger partial charge in [0, 0.05) is 16.2 Å². The number of benzene rings is 2. The molecule has 1 atom stereocenters. The Bertz CT molecular complexity index is 1260. The van der Waals surface area contributed by atoms with Gasteiger partial charge in [0.15, 0.2) is 11.4 Å². The minimum atomic E-state index is -0.527. The van der Waals surface area contributed by atoms with Crippen LogP contribution < -0.4 is 10.1 Å². The summed E-state index contributed by atoms with van der Waals surface area (Å²) in [4.78, 5) is 28.7. The summed E-state index contributed by atoms with van der Waals surface area (Å²) in [5.41, 5.74) is 3.31. The molecule has 2 aromatic carbocycles. The standard InChI is InChI=1S/C24H21BrN4O3/c1-16-22(24(30)28-20(14-26-31)17-8-3-2-4-9-17)29-13-7-12-21(23(29)27-16)32-15-18-10-5-6-11-19(18)25/h2-13,20H,14-15H2,1H3,(H,28,30)/t20-/m0/s1. The van der Waals surface area contributed by atoms with E-state index in [1.807, 2.05) is 66.7 Å². The van der Waals surface area contributed by atoms with Gasteiger partial charge >= 0.3 is 0 Å². The van der Waals surface area contributed by atoms with Crippen LogP contribution in [-0.4, -0.2) is 21.8 Å². The number of fused-ring (bicyclic) bond motifs is 1. The van der Waals surface area contributed by atoms with Gasteiger partial charge in [-0.2, -0.15) is 4.91 Å². The van der Waals surface area contributed by atoms with Gasteiger partial charge < -0.3 is 10.1 Å². The SMILES string of the molecule is Cc1nc2c(OCc3ccccc3Br)cccn2c1C(=O)N[C@@H](CN=O)c1ccccc1. The van der Waals surface area contributed by atoms with E-state index in [9.17, 15) is 9.70 Å². The molecule has 0 fully saturated rings. The van der Waals surface area contributed by atoms with Gasteiger partial charge in [-0.25, -0.2) is 4.98 Å². The van der Waals surface area contributed by atoms with Crippen LogP contribution in [-0.2, 0) is 6.61 Å². The zero-order chi connectivity index (χ0) is 22.5. The molecule has 0 unspecified atom stereocenters. The van der Waals surface area contributed by atoms with Gasteiger partial charge in [0.25, 0.3) is 5.91 Å². The first-order valence-corrected chi connectivity index (χ1v) is 10.9. The number of pyridine rings is 1. The highest BCUT2D eigenvalue weighted by Gasteiger charge is 2.22. The lowest BCUT2D eigenvalue weighted by Gasteiger charge is -2.16. The minimum Gasteiger partial charge on any atom is -0.485 e. The van der Waals surface area contributed by atoms with Gasteiger partial charge in [-0.15, -0.1) is 0 Å². The van der Waals surface area contributed by atoms with E-state index in [1.165, 1.54) is 0 Å². The number of ether oxygens (including phenoxy) is 1. The van der Waals surface area contributed by atoms with Gasteiger partial charge in [-0.05, 0) is 30.7 Å². The second-order valence-corrected chi connectivity index (χ2v) is 8.09. The summed E-state index contributed by atoms with van der Waals surface area (Å²) >= 11 is 3.53. The van der Waals surface area contributed by atoms with E-state index < -0.39 is 6.04 Å². The highest BCUT2D eigenvalue weighted by atomic mass is 79.9. The highest BCUT2D eigenvalue weighted by molar-refractivity contribution is 9.10. The Balaban J connectivity index is 1.61. The molecule has 2 aromatic heterocycles. The number of imidazole rings is 1. The number of carbonyl (C=O) groups excluding carboxylic acids is 1. The second-order valence-electron chi connectivity index (χ2n) is 7.24. The maximum absolute atomic E-state index is 13.2. The number of nitrogens with zero attached hydrogens (tertiary/aromatic N) is 3. The van der Waals surface area contributed by atoms with Crippen molar-refractivity contribution >= 4 is 27.5 Å². The Hall–Kier alpha value is -3.52. The van der Waals surface area contributed by atoms with Crippen LogP contribution in [0.15, 0.2) is 82.6 Å². The first-order valence-electron chi connectivity index (χ1n) is 10.1. The van der Waals surface area contributed by atoms with E-state index in [4.69, 9.17) is 4.74 Å². The molecule has 4 rings (SSSR count). The van der Waals surface area contributed by atoms with E-state index in [2.05, 4.69) is 31.4 Å². The van der Waals surface area contributed by atoms with Crippen LogP contribution in [0.25, 0.3) is 5.65 Å². The van der Waals surface area contributed by atoms with Crippen molar-refractivity contribution in [1.29, 1.82) is 0 Å². The number of carbonyl (C=O) groups is 1. The van der Waals surface area contributed by atoms with Gasteiger partial charge in [0.05, 0.1) is 11.7 Å². The summed E-state index contributed by atoms with van der Waals surface area (Å²) in [5.74, 6) is 0.232. The molecule has 0 aliphatic heterocycles. The normalized spacial score (nSPS) is 11.8. The van der Waals surface area contributed by atoms with Crippen molar-refractivity contribution in [2.45, 2.75) is 19.6 Å². The average molecular weight is 493 g/mol. The van der Waals surface area contributed by atoms with E-state index in [0.717, 1.165) is 15.6 Å². The van der Waals surface area contributed by atoms with Crippen molar-refractivity contribution in [3.63, 3.8) is 0 Å². The average Bonchev–Trinajstić information content (AvgIpc) is 3.15. The molecule has 0 radical (unpaired) electrons. The van der Waals surface area contributed by atoms with Crippen molar-refractivity contribution in [3.05, 3.63) is 105 Å². The van der Waals surface area contributed by atoms with Crippen LogP contribution in [0.3, 0.4) is 0 Å². The lowest BCUT2D eigenvalue weighted by molar-refractivity contribution is 0.0931. The number of hydrogen-bond acceptors (Lipinski definition) is 5. The smallest absolute Gasteiger partial charge is 0.270 e. The third kappa shape index (κ3) is 4.55. The van der Waals surface area contributed by atoms with E-state index in [0.29, 0.717) is 29.4 Å². The fourth-order valence-electron chi connectivity index (χ4n) is 3.53. The van der Waals surface area contributed by atoms with Crippen molar-refractivity contribution < 1.29 is 9.53 Å². The zero-order valence-corrected chi connectivity index (χ0v) is 19.0. The number of rotatable bonds is 8. The molecular formula is C24H21BrN4O3. The molecule has 0 aliphatic rings. The summed E-state index contributed by atoms with van der Waals surface area (Å²) in [6.45, 7) is 2.07. The Morgan fingerprint density at radius 3 is 2.62 bits per heavy atom. The Morgan fingerprint density at radius 1 is 1.12 bits per heavy atom. The number of hydrogen-bond donors (Lipinski definition) is 1. The summed E-state index contributed by atoms with van der Waals surface area (Å²) in [7, 11) is 0. The molecule has 1 N–H and O–H groups in total. The Morgan fingerprint density at radius 2 is 1.88 bits per heavy atom. The molecule has 1 amide bonds. The highest BCUT2D eigenvalue weighted by Crippen LogP contribution is 2.25. The maximum atomic E-state index is 13.2. The van der Waals surface area contributed by atoms with E-state index in [-0.39, 0.29) is 12.5 Å². The topological polar surface area (TPSA) is 85.1 Å². The van der Waals surface area contributed by atoms with E-state index in [1.54, 1.807) is 17.5 Å². The number of halogens is 1. The summed E-state index contributed by atoms with van der Waals surface area (Å²) in [5, 5.41) is 5.91. The largest absolute Gasteiger partial charge is 0.485 e. The Labute approximate surface area is 193 Å². The van der Waals surface area contributed by atoms with Crippen molar-refractivity contribution in [2.75, 3.05) is 6.54 Å². The van der Waals surface area contributed by atoms with E-state index >= 15 is 0 Å². The lowest BCUT2D eigenvalue weighted by Crippen LogP contribution is -2.31. The van der Waals surface area contributed by atoms with Crippen LogP contribution in [0, 0.1) is 11.8 Å². The fraction of sp³-hybridized carbons (Fsp3) is 0.167. The summed E-state index contributed by atoms with van der Waals surface area (Å²) in [6, 6.07) is 20.2. The maximum Gasteiger partial charge on any atom is 0.270 e. The molecule has 7 nitrogen and oxygen atoms in total. The molecule has 0 spiro atoms. The first kappa shape index (κ1) is 21.7. The van der Waals surface area contributed by atoms with Crippen LogP contribution in [0.5, 0.6) is 5.75 Å². The van der Waals surface area contributed by atoms with Crippen LogP contribution in [0.4, 0.5) is 0 Å². The zero-order valence-electron chi connectivity index (χ0n) is 17.4. The predicted octanol–water partition coefficient (Wildman–Crippen LogP) is 5.22. The monoisotopic (exact) mass is 492 g/mol. The molecule has 32 heavy (non-hydrogen) atoms. The number of nitroso groups, excluding NO2 is 1. The summed E-state index contributed by atoms with van der Waals surface area (Å²) in [6.07, 6.45) is 1.77. The van der Waals surface area contributed by atoms with Crippen LogP contribution in [0.1, 0.15) is 33.4 Å². The number of aryl methyl sites for hydroxylation is 1. The minimum absolute atomic E-state index is 0.0636. The third-order valence-corrected chi connectivity index (χ3v) is 5.88. The molecule has 2 heterocycles. The van der Waals surface area contributed by atoms with Gasteiger partial charge in [-0.1, -0.05) is 69.6 Å². The predicted molar refractivity (Wildman–Crippen MR) is 126 cm³/mol. The van der Waals surface area contributed by atoms with Gasteiger partial charge in [0.2, 0.25) is 0 Å². The second kappa shape index (κ2) is 9.74. The molecule has 4 aromatic rings. The van der Waals surface area contributed by atoms with Crippen molar-refractivity contribution in [3.8, 4) is 5.75 Å². The molecule has 0 saturated heterocycles. The quantitative estimate of drug-likeness (QED) is 0.341. The molecule has 162 valence electrons. The third-order valence-electron chi connectivity index (χ3n) is 5.11. The Kier molecular flexibility index (Phi) is 6.61. The van der Waals surface area contributed by atoms with Crippen molar-refractivity contribution in [2.24, 2.45) is 5.18 Å². The molecule has 8 heteroatoms. The number of amides is 1. The summed E-state index contributed by atoms with van der Waals surface area (Å²) < 4.78 is 8.69. The van der Waals surface area contributed by atoms with Crippen molar-refractivity contribution in [1.82, 2.24) is 14.7 Å². The lowest BCUT2D eigenvalue weighted by atomic mass is 10.1. The number of aromatic nitrogens is 2.